The van der Waals surface area contributed by atoms with Crippen molar-refractivity contribution >= 4 is 26.7 Å². The summed E-state index contributed by atoms with van der Waals surface area (Å²) in [5.41, 5.74) is 0.512. The minimum absolute atomic E-state index is 0.512. The van der Waals surface area contributed by atoms with Gasteiger partial charge in [0.2, 0.25) is 0 Å². The zero-order valence-corrected chi connectivity index (χ0v) is 10.4. The lowest BCUT2D eigenvalue weighted by atomic mass is 10.0. The molecule has 0 spiro atoms. The van der Waals surface area contributed by atoms with Crippen LogP contribution in [0.3, 0.4) is 0 Å². The molecular formula is C13H10BrNO2. The van der Waals surface area contributed by atoms with Crippen LogP contribution in [-0.4, -0.2) is 16.3 Å². The van der Waals surface area contributed by atoms with E-state index in [0.29, 0.717) is 10.0 Å². The molecule has 3 nitrogen and oxygen atoms in total. The maximum Gasteiger partial charge on any atom is 0.170 e. The molecule has 0 bridgehead atoms. The maximum atomic E-state index is 9.83. The Hall–Kier alpha value is -1.41. The highest BCUT2D eigenvalue weighted by Crippen LogP contribution is 2.32. The first kappa shape index (κ1) is 12.1. The number of fused-ring (bicyclic) bond motifs is 1. The van der Waals surface area contributed by atoms with Crippen LogP contribution in [0.1, 0.15) is 11.7 Å². The fraction of sp³-hybridized carbons (Fsp3) is 0.154. The standard InChI is InChI=1S/C13H10BrNO2/c14-12-9-4-2-1-3-8(9)5-6-10(12)13(17)11(16)7-15/h1-6,11,13,16-17H. The number of nitrogens with zero attached hydrogens (tertiary/aromatic N) is 1. The predicted molar refractivity (Wildman–Crippen MR) is 68.2 cm³/mol. The molecule has 0 saturated heterocycles. The number of aliphatic hydroxyl groups is 2. The Morgan fingerprint density at radius 3 is 2.53 bits per heavy atom. The Morgan fingerprint density at radius 1 is 1.12 bits per heavy atom. The van der Waals surface area contributed by atoms with Gasteiger partial charge in [0.1, 0.15) is 6.10 Å². The lowest BCUT2D eigenvalue weighted by molar-refractivity contribution is 0.0524. The van der Waals surface area contributed by atoms with Gasteiger partial charge in [-0.05, 0) is 32.3 Å². The number of benzene rings is 2. The zero-order valence-electron chi connectivity index (χ0n) is 8.84. The van der Waals surface area contributed by atoms with Crippen LogP contribution in [0.15, 0.2) is 40.9 Å². The zero-order chi connectivity index (χ0) is 12.4. The Labute approximate surface area is 107 Å². The molecular weight excluding hydrogens is 282 g/mol. The van der Waals surface area contributed by atoms with Gasteiger partial charge in [0.05, 0.1) is 6.07 Å². The molecule has 0 fully saturated rings. The molecule has 2 aromatic rings. The van der Waals surface area contributed by atoms with E-state index >= 15 is 0 Å². The van der Waals surface area contributed by atoms with Crippen molar-refractivity contribution in [3.63, 3.8) is 0 Å². The van der Waals surface area contributed by atoms with Gasteiger partial charge >= 0.3 is 0 Å². The first-order valence-corrected chi connectivity index (χ1v) is 5.87. The van der Waals surface area contributed by atoms with Crippen LogP contribution in [0, 0.1) is 11.3 Å². The number of hydrogen-bond donors (Lipinski definition) is 2. The van der Waals surface area contributed by atoms with Gasteiger partial charge in [-0.3, -0.25) is 0 Å². The van der Waals surface area contributed by atoms with Gasteiger partial charge in [-0.1, -0.05) is 36.4 Å². The maximum absolute atomic E-state index is 9.83. The minimum Gasteiger partial charge on any atom is -0.385 e. The lowest BCUT2D eigenvalue weighted by Gasteiger charge is -2.15. The van der Waals surface area contributed by atoms with Crippen molar-refractivity contribution in [1.82, 2.24) is 0 Å². The highest BCUT2D eigenvalue weighted by molar-refractivity contribution is 9.10. The van der Waals surface area contributed by atoms with Gasteiger partial charge in [0, 0.05) is 4.47 Å². The molecule has 17 heavy (non-hydrogen) atoms. The number of hydrogen-bond acceptors (Lipinski definition) is 3. The number of halogens is 1. The van der Waals surface area contributed by atoms with Crippen LogP contribution in [0.2, 0.25) is 0 Å². The number of rotatable bonds is 2. The van der Waals surface area contributed by atoms with Crippen molar-refractivity contribution in [3.05, 3.63) is 46.4 Å². The molecule has 2 N–H and O–H groups in total. The molecule has 0 aliphatic heterocycles. The molecule has 0 amide bonds. The van der Waals surface area contributed by atoms with Crippen LogP contribution in [-0.2, 0) is 0 Å². The number of aliphatic hydroxyl groups excluding tert-OH is 2. The molecule has 2 aromatic carbocycles. The molecule has 86 valence electrons. The second kappa shape index (κ2) is 4.84. The molecule has 2 unspecified atom stereocenters. The van der Waals surface area contributed by atoms with Crippen LogP contribution in [0.5, 0.6) is 0 Å². The van der Waals surface area contributed by atoms with E-state index in [1.165, 1.54) is 0 Å². The van der Waals surface area contributed by atoms with E-state index in [-0.39, 0.29) is 0 Å². The second-order valence-electron chi connectivity index (χ2n) is 3.71. The van der Waals surface area contributed by atoms with Gasteiger partial charge in [0.15, 0.2) is 6.10 Å². The van der Waals surface area contributed by atoms with Gasteiger partial charge in [-0.25, -0.2) is 0 Å². The lowest BCUT2D eigenvalue weighted by Crippen LogP contribution is -2.16. The van der Waals surface area contributed by atoms with E-state index in [4.69, 9.17) is 5.26 Å². The summed E-state index contributed by atoms with van der Waals surface area (Å²) >= 11 is 3.40. The monoisotopic (exact) mass is 291 g/mol. The predicted octanol–water partition coefficient (Wildman–Crippen LogP) is 2.52. The summed E-state index contributed by atoms with van der Waals surface area (Å²) in [4.78, 5) is 0. The van der Waals surface area contributed by atoms with E-state index in [0.717, 1.165) is 10.8 Å². The van der Waals surface area contributed by atoms with Gasteiger partial charge in [0.25, 0.3) is 0 Å². The summed E-state index contributed by atoms with van der Waals surface area (Å²) in [7, 11) is 0. The Bertz CT molecular complexity index is 591. The molecule has 2 rings (SSSR count). The average Bonchev–Trinajstić information content (AvgIpc) is 2.38. The summed E-state index contributed by atoms with van der Waals surface area (Å²) in [6.07, 6.45) is -2.63. The molecule has 4 heteroatoms. The van der Waals surface area contributed by atoms with E-state index in [2.05, 4.69) is 15.9 Å². The van der Waals surface area contributed by atoms with Gasteiger partial charge in [-0.2, -0.15) is 5.26 Å². The van der Waals surface area contributed by atoms with Crippen molar-refractivity contribution in [3.8, 4) is 6.07 Å². The van der Waals surface area contributed by atoms with Crippen LogP contribution >= 0.6 is 15.9 Å². The van der Waals surface area contributed by atoms with Crippen LogP contribution < -0.4 is 0 Å². The highest BCUT2D eigenvalue weighted by atomic mass is 79.9. The molecule has 0 radical (unpaired) electrons. The fourth-order valence-corrected chi connectivity index (χ4v) is 2.45. The Balaban J connectivity index is 2.57. The molecule has 0 heterocycles. The first-order valence-electron chi connectivity index (χ1n) is 5.08. The van der Waals surface area contributed by atoms with Crippen molar-refractivity contribution < 1.29 is 10.2 Å². The molecule has 0 aromatic heterocycles. The third kappa shape index (κ3) is 2.18. The summed E-state index contributed by atoms with van der Waals surface area (Å²) < 4.78 is 0.706. The normalized spacial score (nSPS) is 14.2. The third-order valence-corrected chi connectivity index (χ3v) is 3.53. The Kier molecular flexibility index (Phi) is 3.43. The fourth-order valence-electron chi connectivity index (χ4n) is 1.72. The largest absolute Gasteiger partial charge is 0.385 e. The highest BCUT2D eigenvalue weighted by Gasteiger charge is 2.20. The minimum atomic E-state index is -1.42. The third-order valence-electron chi connectivity index (χ3n) is 2.64. The Morgan fingerprint density at radius 2 is 1.82 bits per heavy atom. The first-order chi connectivity index (χ1) is 8.15. The van der Waals surface area contributed by atoms with Gasteiger partial charge < -0.3 is 10.2 Å². The average molecular weight is 292 g/mol. The smallest absolute Gasteiger partial charge is 0.170 e. The van der Waals surface area contributed by atoms with Crippen molar-refractivity contribution in [2.45, 2.75) is 12.2 Å². The van der Waals surface area contributed by atoms with Gasteiger partial charge in [-0.15, -0.1) is 0 Å². The molecule has 0 aliphatic carbocycles. The van der Waals surface area contributed by atoms with Crippen molar-refractivity contribution in [1.29, 1.82) is 5.26 Å². The molecule has 0 aliphatic rings. The summed E-state index contributed by atoms with van der Waals surface area (Å²) in [5, 5.41) is 29.7. The SMILES string of the molecule is N#CC(O)C(O)c1ccc2ccccc2c1Br. The van der Waals surface area contributed by atoms with E-state index in [1.807, 2.05) is 30.3 Å². The second-order valence-corrected chi connectivity index (χ2v) is 4.50. The summed E-state index contributed by atoms with van der Waals surface area (Å²) in [6.45, 7) is 0. The quantitative estimate of drug-likeness (QED) is 0.836. The van der Waals surface area contributed by atoms with E-state index in [1.54, 1.807) is 12.1 Å². The summed E-state index contributed by atoms with van der Waals surface area (Å²) in [5.74, 6) is 0. The van der Waals surface area contributed by atoms with E-state index < -0.39 is 12.2 Å². The van der Waals surface area contributed by atoms with Crippen molar-refractivity contribution in [2.75, 3.05) is 0 Å². The molecule has 2 atom stereocenters. The summed E-state index contributed by atoms with van der Waals surface area (Å²) in [6, 6.07) is 12.9. The topological polar surface area (TPSA) is 64.2 Å². The van der Waals surface area contributed by atoms with E-state index in [9.17, 15) is 10.2 Å². The number of nitriles is 1. The molecule has 0 saturated carbocycles. The van der Waals surface area contributed by atoms with Crippen LogP contribution in [0.25, 0.3) is 10.8 Å². The van der Waals surface area contributed by atoms with Crippen molar-refractivity contribution in [2.24, 2.45) is 0 Å². The van der Waals surface area contributed by atoms with Crippen LogP contribution in [0.4, 0.5) is 0 Å².